The summed E-state index contributed by atoms with van der Waals surface area (Å²) in [6.07, 6.45) is 3.77. The quantitative estimate of drug-likeness (QED) is 0.785. The normalized spacial score (nSPS) is 18.8. The van der Waals surface area contributed by atoms with Crippen molar-refractivity contribution in [2.24, 2.45) is 0 Å². The molecule has 0 amide bonds. The maximum atomic E-state index is 3.24. The number of hydrogen-bond donors (Lipinski definition) is 1. The monoisotopic (exact) mass is 232 g/mol. The predicted octanol–water partition coefficient (Wildman–Crippen LogP) is 2.83. The van der Waals surface area contributed by atoms with E-state index in [0.717, 1.165) is 6.54 Å². The summed E-state index contributed by atoms with van der Waals surface area (Å²) in [4.78, 5) is 2.60. The molecule has 0 fully saturated rings. The molecule has 1 heterocycles. The van der Waals surface area contributed by atoms with Crippen LogP contribution in [0.3, 0.4) is 0 Å². The molecule has 2 rings (SSSR count). The molecule has 2 nitrogen and oxygen atoms in total. The second-order valence-electron chi connectivity index (χ2n) is 5.23. The van der Waals surface area contributed by atoms with Crippen molar-refractivity contribution in [1.29, 1.82) is 0 Å². The van der Waals surface area contributed by atoms with E-state index in [1.165, 1.54) is 30.5 Å². The summed E-state index contributed by atoms with van der Waals surface area (Å²) in [7, 11) is 2.03. The van der Waals surface area contributed by atoms with Crippen LogP contribution in [0.1, 0.15) is 32.3 Å². The van der Waals surface area contributed by atoms with Gasteiger partial charge < -0.3 is 10.2 Å². The Morgan fingerprint density at radius 3 is 2.82 bits per heavy atom. The molecule has 1 aromatic carbocycles. The van der Waals surface area contributed by atoms with Gasteiger partial charge in [-0.2, -0.15) is 0 Å². The van der Waals surface area contributed by atoms with Crippen LogP contribution in [-0.4, -0.2) is 25.7 Å². The first-order valence-electron chi connectivity index (χ1n) is 6.75. The molecule has 0 aliphatic carbocycles. The highest BCUT2D eigenvalue weighted by atomic mass is 15.2. The zero-order valence-electron chi connectivity index (χ0n) is 11.2. The molecule has 94 valence electrons. The molecule has 0 aromatic heterocycles. The SMILES string of the molecule is CNCCCC1Cc2ccccc2N1C(C)C. The van der Waals surface area contributed by atoms with Crippen molar-refractivity contribution in [1.82, 2.24) is 5.32 Å². The van der Waals surface area contributed by atoms with E-state index in [1.54, 1.807) is 0 Å². The van der Waals surface area contributed by atoms with Crippen LogP contribution in [0.15, 0.2) is 24.3 Å². The molecule has 1 aromatic rings. The Bertz CT molecular complexity index is 360. The second kappa shape index (κ2) is 5.54. The summed E-state index contributed by atoms with van der Waals surface area (Å²) in [6.45, 7) is 5.72. The molecule has 1 aliphatic heterocycles. The predicted molar refractivity (Wildman–Crippen MR) is 74.7 cm³/mol. The third-order valence-electron chi connectivity index (χ3n) is 3.64. The van der Waals surface area contributed by atoms with Crippen molar-refractivity contribution in [2.45, 2.75) is 45.2 Å². The van der Waals surface area contributed by atoms with E-state index in [2.05, 4.69) is 48.3 Å². The van der Waals surface area contributed by atoms with Gasteiger partial charge in [-0.15, -0.1) is 0 Å². The first-order chi connectivity index (χ1) is 8.24. The van der Waals surface area contributed by atoms with Gasteiger partial charge in [0, 0.05) is 17.8 Å². The number of hydrogen-bond acceptors (Lipinski definition) is 2. The van der Waals surface area contributed by atoms with Gasteiger partial charge >= 0.3 is 0 Å². The average molecular weight is 232 g/mol. The van der Waals surface area contributed by atoms with Crippen molar-refractivity contribution in [3.05, 3.63) is 29.8 Å². The van der Waals surface area contributed by atoms with Gasteiger partial charge in [-0.05, 0) is 58.3 Å². The smallest absolute Gasteiger partial charge is 0.0404 e. The topological polar surface area (TPSA) is 15.3 Å². The van der Waals surface area contributed by atoms with Gasteiger partial charge in [0.05, 0.1) is 0 Å². The van der Waals surface area contributed by atoms with Crippen LogP contribution in [0.5, 0.6) is 0 Å². The molecule has 0 saturated heterocycles. The maximum absolute atomic E-state index is 3.24. The van der Waals surface area contributed by atoms with Crippen molar-refractivity contribution >= 4 is 5.69 Å². The van der Waals surface area contributed by atoms with E-state index in [9.17, 15) is 0 Å². The zero-order valence-corrected chi connectivity index (χ0v) is 11.2. The Hall–Kier alpha value is -1.02. The highest BCUT2D eigenvalue weighted by Crippen LogP contribution is 2.35. The lowest BCUT2D eigenvalue weighted by molar-refractivity contribution is 0.513. The lowest BCUT2D eigenvalue weighted by Crippen LogP contribution is -2.38. The lowest BCUT2D eigenvalue weighted by Gasteiger charge is -2.31. The Kier molecular flexibility index (Phi) is 4.06. The van der Waals surface area contributed by atoms with E-state index in [4.69, 9.17) is 0 Å². The summed E-state index contributed by atoms with van der Waals surface area (Å²) in [6, 6.07) is 10.2. The zero-order chi connectivity index (χ0) is 12.3. The minimum absolute atomic E-state index is 0.596. The van der Waals surface area contributed by atoms with Crippen LogP contribution in [0, 0.1) is 0 Å². The fourth-order valence-electron chi connectivity index (χ4n) is 2.94. The summed E-state index contributed by atoms with van der Waals surface area (Å²) >= 11 is 0. The minimum atomic E-state index is 0.596. The van der Waals surface area contributed by atoms with Gasteiger partial charge in [0.2, 0.25) is 0 Å². The van der Waals surface area contributed by atoms with E-state index >= 15 is 0 Å². The lowest BCUT2D eigenvalue weighted by atomic mass is 10.1. The van der Waals surface area contributed by atoms with E-state index in [-0.39, 0.29) is 0 Å². The molecule has 2 heteroatoms. The summed E-state index contributed by atoms with van der Waals surface area (Å²) in [5.41, 5.74) is 2.98. The van der Waals surface area contributed by atoms with Gasteiger partial charge in [0.15, 0.2) is 0 Å². The van der Waals surface area contributed by atoms with Crippen molar-refractivity contribution in [3.63, 3.8) is 0 Å². The molecule has 0 radical (unpaired) electrons. The molecule has 0 spiro atoms. The number of benzene rings is 1. The number of rotatable bonds is 5. The highest BCUT2D eigenvalue weighted by Gasteiger charge is 2.29. The summed E-state index contributed by atoms with van der Waals surface area (Å²) in [5.74, 6) is 0. The van der Waals surface area contributed by atoms with Crippen molar-refractivity contribution < 1.29 is 0 Å². The highest BCUT2D eigenvalue weighted by molar-refractivity contribution is 5.59. The van der Waals surface area contributed by atoms with Gasteiger partial charge in [-0.1, -0.05) is 18.2 Å². The first-order valence-corrected chi connectivity index (χ1v) is 6.75. The summed E-state index contributed by atoms with van der Waals surface area (Å²) < 4.78 is 0. The van der Waals surface area contributed by atoms with Gasteiger partial charge in [-0.25, -0.2) is 0 Å². The maximum Gasteiger partial charge on any atom is 0.0404 e. The largest absolute Gasteiger partial charge is 0.366 e. The van der Waals surface area contributed by atoms with Crippen LogP contribution >= 0.6 is 0 Å². The van der Waals surface area contributed by atoms with Gasteiger partial charge in [0.25, 0.3) is 0 Å². The van der Waals surface area contributed by atoms with Crippen molar-refractivity contribution in [2.75, 3.05) is 18.5 Å². The minimum Gasteiger partial charge on any atom is -0.366 e. The van der Waals surface area contributed by atoms with E-state index in [0.29, 0.717) is 12.1 Å². The Balaban J connectivity index is 2.10. The molecule has 0 saturated carbocycles. The van der Waals surface area contributed by atoms with Crippen molar-refractivity contribution in [3.8, 4) is 0 Å². The van der Waals surface area contributed by atoms with Crippen LogP contribution in [-0.2, 0) is 6.42 Å². The van der Waals surface area contributed by atoms with Crippen LogP contribution in [0.2, 0.25) is 0 Å². The molecule has 1 N–H and O–H groups in total. The number of nitrogens with zero attached hydrogens (tertiary/aromatic N) is 1. The summed E-state index contributed by atoms with van der Waals surface area (Å²) in [5, 5.41) is 3.24. The molecule has 1 aliphatic rings. The fraction of sp³-hybridized carbons (Fsp3) is 0.600. The van der Waals surface area contributed by atoms with Gasteiger partial charge in [0.1, 0.15) is 0 Å². The third-order valence-corrected chi connectivity index (χ3v) is 3.64. The Labute approximate surface area is 105 Å². The number of nitrogens with one attached hydrogen (secondary N) is 1. The average Bonchev–Trinajstić information content (AvgIpc) is 2.67. The number of anilines is 1. The Morgan fingerprint density at radius 1 is 1.35 bits per heavy atom. The standard InChI is InChI=1S/C15H24N2/c1-12(2)17-14(8-6-10-16-3)11-13-7-4-5-9-15(13)17/h4-5,7,9,12,14,16H,6,8,10-11H2,1-3H3. The van der Waals surface area contributed by atoms with E-state index < -0.39 is 0 Å². The molecule has 17 heavy (non-hydrogen) atoms. The van der Waals surface area contributed by atoms with Gasteiger partial charge in [-0.3, -0.25) is 0 Å². The molecular weight excluding hydrogens is 208 g/mol. The third kappa shape index (κ3) is 2.63. The van der Waals surface area contributed by atoms with Crippen LogP contribution < -0.4 is 10.2 Å². The van der Waals surface area contributed by atoms with Crippen LogP contribution in [0.4, 0.5) is 5.69 Å². The van der Waals surface area contributed by atoms with Crippen LogP contribution in [0.25, 0.3) is 0 Å². The number of para-hydroxylation sites is 1. The van der Waals surface area contributed by atoms with E-state index in [1.807, 2.05) is 7.05 Å². The number of fused-ring (bicyclic) bond motifs is 1. The Morgan fingerprint density at radius 2 is 2.12 bits per heavy atom. The second-order valence-corrected chi connectivity index (χ2v) is 5.23. The fourth-order valence-corrected chi connectivity index (χ4v) is 2.94. The first kappa shape index (κ1) is 12.4. The molecular formula is C15H24N2. The molecule has 0 bridgehead atoms. The molecule has 1 atom stereocenters. The molecule has 1 unspecified atom stereocenters.